The van der Waals surface area contributed by atoms with Crippen LogP contribution in [0.1, 0.15) is 20.7 Å². The molecule has 0 aromatic heterocycles. The fourth-order valence-corrected chi connectivity index (χ4v) is 2.45. The van der Waals surface area contributed by atoms with Crippen LogP contribution in [-0.4, -0.2) is 21.8 Å². The van der Waals surface area contributed by atoms with E-state index in [1.807, 2.05) is 0 Å². The van der Waals surface area contributed by atoms with Crippen LogP contribution in [0, 0.1) is 0 Å². The Hall–Kier alpha value is -2.79. The van der Waals surface area contributed by atoms with E-state index in [0.29, 0.717) is 5.69 Å². The van der Waals surface area contributed by atoms with Crippen molar-refractivity contribution in [2.45, 2.75) is 0 Å². The summed E-state index contributed by atoms with van der Waals surface area (Å²) in [7, 11) is 0. The zero-order valence-electron chi connectivity index (χ0n) is 11.1. The number of benzene rings is 2. The number of anilines is 1. The molecule has 0 saturated carbocycles. The number of phenols is 2. The van der Waals surface area contributed by atoms with Crippen LogP contribution in [0.5, 0.6) is 11.5 Å². The van der Waals surface area contributed by atoms with Crippen molar-refractivity contribution in [3.8, 4) is 11.5 Å². The molecule has 0 amide bonds. The Morgan fingerprint density at radius 1 is 0.909 bits per heavy atom. The van der Waals surface area contributed by atoms with Gasteiger partial charge >= 0.3 is 0 Å². The molecule has 1 aliphatic rings. The monoisotopic (exact) mass is 315 g/mol. The first-order chi connectivity index (χ1) is 10.5. The number of nitrogens with one attached hydrogen (secondary N) is 1. The third-order valence-corrected chi connectivity index (χ3v) is 3.66. The highest BCUT2D eigenvalue weighted by Crippen LogP contribution is 2.34. The minimum Gasteiger partial charge on any atom is -0.508 e. The van der Waals surface area contributed by atoms with Crippen molar-refractivity contribution in [3.63, 3.8) is 0 Å². The number of aromatic hydroxyl groups is 2. The van der Waals surface area contributed by atoms with E-state index in [1.54, 1.807) is 12.1 Å². The highest BCUT2D eigenvalue weighted by Gasteiger charge is 2.33. The Labute approximate surface area is 130 Å². The summed E-state index contributed by atoms with van der Waals surface area (Å²) in [6, 6.07) is 10.2. The molecule has 22 heavy (non-hydrogen) atoms. The van der Waals surface area contributed by atoms with Gasteiger partial charge in [-0.1, -0.05) is 17.7 Å². The second-order valence-electron chi connectivity index (χ2n) is 4.72. The number of hydrogen-bond acceptors (Lipinski definition) is 5. The lowest BCUT2D eigenvalue weighted by Crippen LogP contribution is -2.24. The van der Waals surface area contributed by atoms with E-state index >= 15 is 0 Å². The normalized spacial score (nSPS) is 14.0. The topological polar surface area (TPSA) is 86.6 Å². The molecule has 0 spiro atoms. The van der Waals surface area contributed by atoms with Crippen molar-refractivity contribution in [1.29, 1.82) is 0 Å². The molecular formula is C16H10ClNO4. The van der Waals surface area contributed by atoms with Crippen LogP contribution in [0.2, 0.25) is 0 Å². The Kier molecular flexibility index (Phi) is 3.35. The highest BCUT2D eigenvalue weighted by molar-refractivity contribution is 6.50. The maximum absolute atomic E-state index is 12.5. The minimum atomic E-state index is -0.615. The maximum Gasteiger partial charge on any atom is 0.211 e. The molecule has 0 saturated heterocycles. The third-order valence-electron chi connectivity index (χ3n) is 3.30. The number of halogens is 1. The van der Waals surface area contributed by atoms with Crippen LogP contribution in [0.4, 0.5) is 5.69 Å². The SMILES string of the molecule is O=C1C(Nc2ccc(O)cc2)=C(Cl)C(=O)c2c(O)cccc21. The Balaban J connectivity index is 2.05. The lowest BCUT2D eigenvalue weighted by Gasteiger charge is -2.19. The summed E-state index contributed by atoms with van der Waals surface area (Å²) in [5, 5.41) is 21.5. The summed E-state index contributed by atoms with van der Waals surface area (Å²) in [5.41, 5.74) is 0.440. The summed E-state index contributed by atoms with van der Waals surface area (Å²) in [6.45, 7) is 0. The number of allylic oxidation sites excluding steroid dienone is 2. The number of carbonyl (C=O) groups is 2. The van der Waals surface area contributed by atoms with Crippen LogP contribution < -0.4 is 5.32 Å². The molecule has 6 heteroatoms. The van der Waals surface area contributed by atoms with Gasteiger partial charge in [0.25, 0.3) is 0 Å². The lowest BCUT2D eigenvalue weighted by molar-refractivity contribution is 0.0979. The lowest BCUT2D eigenvalue weighted by atomic mass is 9.91. The van der Waals surface area contributed by atoms with E-state index in [-0.39, 0.29) is 33.4 Å². The summed E-state index contributed by atoms with van der Waals surface area (Å²) < 4.78 is 0. The molecule has 0 atom stereocenters. The van der Waals surface area contributed by atoms with Crippen LogP contribution in [-0.2, 0) is 0 Å². The average Bonchev–Trinajstić information content (AvgIpc) is 2.51. The number of carbonyl (C=O) groups excluding carboxylic acids is 2. The van der Waals surface area contributed by atoms with Gasteiger partial charge in [-0.25, -0.2) is 0 Å². The third kappa shape index (κ3) is 2.21. The smallest absolute Gasteiger partial charge is 0.211 e. The van der Waals surface area contributed by atoms with Crippen LogP contribution >= 0.6 is 11.6 Å². The predicted octanol–water partition coefficient (Wildman–Crippen LogP) is 3.04. The molecule has 0 heterocycles. The number of rotatable bonds is 2. The largest absolute Gasteiger partial charge is 0.508 e. The number of ketones is 2. The molecule has 5 nitrogen and oxygen atoms in total. The summed E-state index contributed by atoms with van der Waals surface area (Å²) in [5.74, 6) is -1.30. The van der Waals surface area contributed by atoms with E-state index in [2.05, 4.69) is 5.32 Å². The van der Waals surface area contributed by atoms with E-state index in [4.69, 9.17) is 11.6 Å². The van der Waals surface area contributed by atoms with Gasteiger partial charge in [0.1, 0.15) is 22.2 Å². The fourth-order valence-electron chi connectivity index (χ4n) is 2.23. The highest BCUT2D eigenvalue weighted by atomic mass is 35.5. The van der Waals surface area contributed by atoms with Crippen molar-refractivity contribution in [1.82, 2.24) is 0 Å². The van der Waals surface area contributed by atoms with Gasteiger partial charge < -0.3 is 15.5 Å². The van der Waals surface area contributed by atoms with Crippen LogP contribution in [0.15, 0.2) is 53.2 Å². The van der Waals surface area contributed by atoms with Crippen molar-refractivity contribution in [3.05, 3.63) is 64.3 Å². The first kappa shape index (κ1) is 14.2. The van der Waals surface area contributed by atoms with Gasteiger partial charge in [-0.05, 0) is 36.4 Å². The second-order valence-corrected chi connectivity index (χ2v) is 5.10. The van der Waals surface area contributed by atoms with Crippen molar-refractivity contribution in [2.75, 3.05) is 5.32 Å². The molecule has 0 unspecified atom stereocenters. The molecule has 0 radical (unpaired) electrons. The van der Waals surface area contributed by atoms with Gasteiger partial charge in [-0.2, -0.15) is 0 Å². The fraction of sp³-hybridized carbons (Fsp3) is 0. The molecular weight excluding hydrogens is 306 g/mol. The molecule has 0 fully saturated rings. The molecule has 1 aliphatic carbocycles. The van der Waals surface area contributed by atoms with Crippen molar-refractivity contribution < 1.29 is 19.8 Å². The molecule has 0 bridgehead atoms. The van der Waals surface area contributed by atoms with Crippen LogP contribution in [0.3, 0.4) is 0 Å². The summed E-state index contributed by atoms with van der Waals surface area (Å²) in [4.78, 5) is 24.7. The van der Waals surface area contributed by atoms with E-state index < -0.39 is 11.6 Å². The minimum absolute atomic E-state index is 0.0598. The zero-order chi connectivity index (χ0) is 15.9. The quantitative estimate of drug-likeness (QED) is 0.742. The maximum atomic E-state index is 12.5. The van der Waals surface area contributed by atoms with E-state index in [1.165, 1.54) is 30.3 Å². The van der Waals surface area contributed by atoms with E-state index in [0.717, 1.165) is 0 Å². The first-order valence-corrected chi connectivity index (χ1v) is 6.74. The van der Waals surface area contributed by atoms with Crippen LogP contribution in [0.25, 0.3) is 0 Å². The van der Waals surface area contributed by atoms with Crippen molar-refractivity contribution in [2.24, 2.45) is 0 Å². The predicted molar refractivity (Wildman–Crippen MR) is 81.4 cm³/mol. The van der Waals surface area contributed by atoms with Gasteiger partial charge in [0, 0.05) is 11.3 Å². The van der Waals surface area contributed by atoms with Gasteiger partial charge in [0.15, 0.2) is 0 Å². The zero-order valence-corrected chi connectivity index (χ0v) is 11.9. The Morgan fingerprint density at radius 3 is 2.27 bits per heavy atom. The molecule has 3 rings (SSSR count). The standard InChI is InChI=1S/C16H10ClNO4/c17-13-14(18-8-4-6-9(19)7-5-8)15(21)10-2-1-3-11(20)12(10)16(13)22/h1-7,18-20H. The number of hydrogen-bond donors (Lipinski definition) is 3. The van der Waals surface area contributed by atoms with Gasteiger partial charge in [-0.15, -0.1) is 0 Å². The van der Waals surface area contributed by atoms with Gasteiger partial charge in [0.05, 0.1) is 5.56 Å². The Bertz CT molecular complexity index is 825. The molecule has 0 aliphatic heterocycles. The van der Waals surface area contributed by atoms with E-state index in [9.17, 15) is 19.8 Å². The molecule has 3 N–H and O–H groups in total. The summed E-state index contributed by atoms with van der Waals surface area (Å²) >= 11 is 6.00. The van der Waals surface area contributed by atoms with Gasteiger partial charge in [0.2, 0.25) is 11.6 Å². The van der Waals surface area contributed by atoms with Gasteiger partial charge in [-0.3, -0.25) is 9.59 Å². The average molecular weight is 316 g/mol. The molecule has 2 aromatic carbocycles. The molecule has 2 aromatic rings. The first-order valence-electron chi connectivity index (χ1n) is 6.36. The second kappa shape index (κ2) is 5.20. The number of fused-ring (bicyclic) bond motifs is 1. The van der Waals surface area contributed by atoms with Crippen molar-refractivity contribution >= 4 is 28.9 Å². The Morgan fingerprint density at radius 2 is 1.59 bits per heavy atom. The summed E-state index contributed by atoms with van der Waals surface area (Å²) in [6.07, 6.45) is 0. The molecule has 110 valence electrons. The number of phenolic OH excluding ortho intramolecular Hbond substituents is 2. The number of Topliss-reactive ketones (excluding diaryl/α,β-unsaturated/α-hetero) is 2.